The van der Waals surface area contributed by atoms with Gasteiger partial charge in [-0.05, 0) is 26.0 Å². The molecule has 0 atom stereocenters. The minimum Gasteiger partial charge on any atom is -0.357 e. The average Bonchev–Trinajstić information content (AvgIpc) is 2.75. The van der Waals surface area contributed by atoms with E-state index in [0.717, 1.165) is 29.3 Å². The third-order valence-corrected chi connectivity index (χ3v) is 4.51. The molecule has 0 radical (unpaired) electrons. The molecule has 0 bridgehead atoms. The molecule has 4 N–H and O–H groups in total. The highest BCUT2D eigenvalue weighted by atomic mass is 32.2. The van der Waals surface area contributed by atoms with E-state index in [1.807, 2.05) is 13.8 Å². The second kappa shape index (κ2) is 6.72. The molecule has 0 aliphatic rings. The smallest absolute Gasteiger partial charge is 0.247 e. The lowest BCUT2D eigenvalue weighted by atomic mass is 10.5. The zero-order chi connectivity index (χ0) is 13.6. The van der Waals surface area contributed by atoms with Crippen LogP contribution in [0.4, 0.5) is 0 Å². The monoisotopic (exact) mass is 290 g/mol. The van der Waals surface area contributed by atoms with E-state index >= 15 is 0 Å². The number of aliphatic imine (C=N–C) groups is 1. The van der Waals surface area contributed by atoms with E-state index in [1.54, 1.807) is 6.07 Å². The summed E-state index contributed by atoms with van der Waals surface area (Å²) in [5.41, 5.74) is 0. The highest BCUT2D eigenvalue weighted by Gasteiger charge is 2.10. The van der Waals surface area contributed by atoms with E-state index in [4.69, 9.17) is 5.14 Å². The van der Waals surface area contributed by atoms with E-state index < -0.39 is 10.0 Å². The summed E-state index contributed by atoms with van der Waals surface area (Å²) in [6, 6.07) is 3.23. The predicted octanol–water partition coefficient (Wildman–Crippen LogP) is 0.471. The largest absolute Gasteiger partial charge is 0.357 e. The molecule has 0 aromatic carbocycles. The highest BCUT2D eigenvalue weighted by Crippen LogP contribution is 2.20. The van der Waals surface area contributed by atoms with Gasteiger partial charge in [0.2, 0.25) is 10.0 Å². The van der Waals surface area contributed by atoms with E-state index in [2.05, 4.69) is 15.6 Å². The van der Waals surface area contributed by atoms with Crippen LogP contribution < -0.4 is 15.8 Å². The fourth-order valence-corrected chi connectivity index (χ4v) is 2.97. The van der Waals surface area contributed by atoms with Gasteiger partial charge in [-0.15, -0.1) is 11.3 Å². The number of nitrogens with two attached hydrogens (primary N) is 1. The van der Waals surface area contributed by atoms with Crippen molar-refractivity contribution in [1.29, 1.82) is 0 Å². The van der Waals surface area contributed by atoms with E-state index in [9.17, 15) is 8.42 Å². The molecule has 1 heterocycles. The van der Waals surface area contributed by atoms with Gasteiger partial charge in [0.05, 0.1) is 6.54 Å². The van der Waals surface area contributed by atoms with Crippen LogP contribution in [0.15, 0.2) is 21.3 Å². The van der Waals surface area contributed by atoms with Gasteiger partial charge in [0.1, 0.15) is 4.21 Å². The van der Waals surface area contributed by atoms with Crippen LogP contribution in [0.3, 0.4) is 0 Å². The number of rotatable bonds is 5. The Hall–Kier alpha value is -1.12. The molecule has 0 aliphatic heterocycles. The molecule has 0 saturated carbocycles. The van der Waals surface area contributed by atoms with Gasteiger partial charge in [-0.1, -0.05) is 0 Å². The average molecular weight is 290 g/mol. The lowest BCUT2D eigenvalue weighted by Gasteiger charge is -2.08. The summed E-state index contributed by atoms with van der Waals surface area (Å²) in [6.45, 7) is 5.95. The fourth-order valence-electron chi connectivity index (χ4n) is 1.26. The Morgan fingerprint density at radius 3 is 2.39 bits per heavy atom. The summed E-state index contributed by atoms with van der Waals surface area (Å²) < 4.78 is 22.4. The molecule has 0 aliphatic carbocycles. The Morgan fingerprint density at radius 2 is 1.94 bits per heavy atom. The van der Waals surface area contributed by atoms with Crippen LogP contribution in [0.2, 0.25) is 0 Å². The van der Waals surface area contributed by atoms with Crippen molar-refractivity contribution in [1.82, 2.24) is 10.6 Å². The van der Waals surface area contributed by atoms with Gasteiger partial charge in [-0.2, -0.15) is 0 Å². The molecule has 1 aromatic heterocycles. The van der Waals surface area contributed by atoms with Crippen LogP contribution in [0.25, 0.3) is 0 Å². The number of nitrogens with zero attached hydrogens (tertiary/aromatic N) is 1. The Morgan fingerprint density at radius 1 is 1.33 bits per heavy atom. The fraction of sp³-hybridized carbons (Fsp3) is 0.500. The summed E-state index contributed by atoms with van der Waals surface area (Å²) >= 11 is 1.14. The molecule has 6 nitrogen and oxygen atoms in total. The van der Waals surface area contributed by atoms with Crippen molar-refractivity contribution in [2.75, 3.05) is 13.1 Å². The van der Waals surface area contributed by atoms with E-state index in [0.29, 0.717) is 12.5 Å². The van der Waals surface area contributed by atoms with Gasteiger partial charge in [-0.3, -0.25) is 0 Å². The molecule has 1 aromatic rings. The summed E-state index contributed by atoms with van der Waals surface area (Å²) in [5, 5.41) is 11.2. The zero-order valence-corrected chi connectivity index (χ0v) is 12.1. The van der Waals surface area contributed by atoms with Crippen molar-refractivity contribution in [2.45, 2.75) is 24.6 Å². The minimum atomic E-state index is -3.60. The molecule has 8 heteroatoms. The first-order valence-corrected chi connectivity index (χ1v) is 7.97. The third kappa shape index (κ3) is 4.63. The van der Waals surface area contributed by atoms with E-state index in [1.165, 1.54) is 6.07 Å². The van der Waals surface area contributed by atoms with Gasteiger partial charge < -0.3 is 10.6 Å². The normalized spacial score (nSPS) is 11.1. The lowest BCUT2D eigenvalue weighted by Crippen LogP contribution is -2.36. The quantitative estimate of drug-likeness (QED) is 0.542. The predicted molar refractivity (Wildman–Crippen MR) is 74.2 cm³/mol. The molecule has 0 saturated heterocycles. The second-order valence-electron chi connectivity index (χ2n) is 3.49. The number of hydrogen-bond donors (Lipinski definition) is 3. The summed E-state index contributed by atoms with van der Waals surface area (Å²) in [7, 11) is -3.60. The zero-order valence-electron chi connectivity index (χ0n) is 10.4. The summed E-state index contributed by atoms with van der Waals surface area (Å²) in [5.74, 6) is 0.713. The minimum absolute atomic E-state index is 0.168. The van der Waals surface area contributed by atoms with Crippen LogP contribution in [-0.4, -0.2) is 27.5 Å². The van der Waals surface area contributed by atoms with Crippen molar-refractivity contribution in [3.8, 4) is 0 Å². The molecule has 0 amide bonds. The van der Waals surface area contributed by atoms with Crippen molar-refractivity contribution in [3.05, 3.63) is 17.0 Å². The number of primary sulfonamides is 1. The molecule has 0 unspecified atom stereocenters. The standard InChI is InChI=1S/C10H18N4O2S2/c1-3-12-10(13-4-2)14-7-8-5-6-9(17-8)18(11,15)16/h5-6H,3-4,7H2,1-2H3,(H2,11,15,16)(H2,12,13,14). The Balaban J connectivity index is 2.72. The van der Waals surface area contributed by atoms with Crippen LogP contribution >= 0.6 is 11.3 Å². The SMILES string of the molecule is CCNC(=NCc1ccc(S(N)(=O)=O)s1)NCC. The number of guanidine groups is 1. The molecular formula is C10H18N4O2S2. The van der Waals surface area contributed by atoms with Gasteiger partial charge in [-0.25, -0.2) is 18.5 Å². The Bertz CT molecular complexity index is 500. The highest BCUT2D eigenvalue weighted by molar-refractivity contribution is 7.91. The van der Waals surface area contributed by atoms with Gasteiger partial charge >= 0.3 is 0 Å². The number of hydrogen-bond acceptors (Lipinski definition) is 4. The van der Waals surface area contributed by atoms with Gasteiger partial charge in [0.25, 0.3) is 0 Å². The first-order chi connectivity index (χ1) is 8.47. The first kappa shape index (κ1) is 14.9. The second-order valence-corrected chi connectivity index (χ2v) is 6.45. The van der Waals surface area contributed by atoms with Crippen molar-refractivity contribution < 1.29 is 8.42 Å². The van der Waals surface area contributed by atoms with Crippen molar-refractivity contribution in [3.63, 3.8) is 0 Å². The van der Waals surface area contributed by atoms with Gasteiger partial charge in [0.15, 0.2) is 5.96 Å². The first-order valence-electron chi connectivity index (χ1n) is 5.61. The Kier molecular flexibility index (Phi) is 5.57. The summed E-state index contributed by atoms with van der Waals surface area (Å²) in [4.78, 5) is 5.19. The number of thiophene rings is 1. The van der Waals surface area contributed by atoms with Crippen molar-refractivity contribution >= 4 is 27.3 Å². The molecule has 1 rings (SSSR count). The number of sulfonamides is 1. The molecule has 0 fully saturated rings. The number of nitrogens with one attached hydrogen (secondary N) is 2. The van der Waals surface area contributed by atoms with E-state index in [-0.39, 0.29) is 4.21 Å². The maximum absolute atomic E-state index is 11.1. The molecule has 18 heavy (non-hydrogen) atoms. The summed E-state index contributed by atoms with van der Waals surface area (Å²) in [6.07, 6.45) is 0. The molecule has 0 spiro atoms. The topological polar surface area (TPSA) is 96.6 Å². The van der Waals surface area contributed by atoms with Crippen molar-refractivity contribution in [2.24, 2.45) is 10.1 Å². The van der Waals surface area contributed by atoms with Gasteiger partial charge in [0, 0.05) is 18.0 Å². The molecule has 102 valence electrons. The Labute approximate surface area is 111 Å². The lowest BCUT2D eigenvalue weighted by molar-refractivity contribution is 0.600. The van der Waals surface area contributed by atoms with Crippen LogP contribution in [0.1, 0.15) is 18.7 Å². The van der Waals surface area contributed by atoms with Crippen LogP contribution in [0.5, 0.6) is 0 Å². The molecular weight excluding hydrogens is 272 g/mol. The van der Waals surface area contributed by atoms with Crippen LogP contribution in [-0.2, 0) is 16.6 Å². The maximum Gasteiger partial charge on any atom is 0.247 e. The van der Waals surface area contributed by atoms with Crippen LogP contribution in [0, 0.1) is 0 Å². The third-order valence-electron chi connectivity index (χ3n) is 2.00. The maximum atomic E-state index is 11.1.